The molecule has 2 heterocycles. The van der Waals surface area contributed by atoms with Gasteiger partial charge >= 0.3 is 6.03 Å². The number of imidazole rings is 1. The van der Waals surface area contributed by atoms with E-state index < -0.39 is 6.04 Å². The van der Waals surface area contributed by atoms with Gasteiger partial charge in [0.1, 0.15) is 6.04 Å². The molecule has 0 aliphatic carbocycles. The summed E-state index contributed by atoms with van der Waals surface area (Å²) < 4.78 is 2.03. The summed E-state index contributed by atoms with van der Waals surface area (Å²) in [6.07, 6.45) is 0.850. The number of carbonyl (C=O) groups excluding carboxylic acids is 2. The Balaban J connectivity index is 1.70. The number of hydrogen-bond donors (Lipinski definition) is 2. The molecule has 1 aliphatic rings. The molecule has 0 radical (unpaired) electrons. The number of urea groups is 1. The van der Waals surface area contributed by atoms with Crippen molar-refractivity contribution in [2.75, 3.05) is 11.4 Å². The SMILES string of the molecule is CCC(C)NC(=O)C(C)NC(=O)N1CCn2c1nc1ccccc12. The van der Waals surface area contributed by atoms with Crippen LogP contribution >= 0.6 is 0 Å². The van der Waals surface area contributed by atoms with Gasteiger partial charge < -0.3 is 15.2 Å². The first-order valence-corrected chi connectivity index (χ1v) is 8.35. The van der Waals surface area contributed by atoms with Gasteiger partial charge in [0.15, 0.2) is 0 Å². The van der Waals surface area contributed by atoms with Crippen molar-refractivity contribution in [2.24, 2.45) is 0 Å². The maximum atomic E-state index is 12.5. The van der Waals surface area contributed by atoms with Crippen LogP contribution in [0.3, 0.4) is 0 Å². The van der Waals surface area contributed by atoms with E-state index in [1.807, 2.05) is 42.7 Å². The molecule has 0 saturated heterocycles. The van der Waals surface area contributed by atoms with Crippen molar-refractivity contribution in [3.8, 4) is 0 Å². The first-order chi connectivity index (χ1) is 11.5. The Hall–Kier alpha value is -2.57. The van der Waals surface area contributed by atoms with Crippen molar-refractivity contribution < 1.29 is 9.59 Å². The highest BCUT2D eigenvalue weighted by Gasteiger charge is 2.30. The van der Waals surface area contributed by atoms with Crippen LogP contribution in [0, 0.1) is 0 Å². The summed E-state index contributed by atoms with van der Waals surface area (Å²) in [5.74, 6) is 0.452. The molecule has 7 heteroatoms. The number of nitrogens with zero attached hydrogens (tertiary/aromatic N) is 3. The van der Waals surface area contributed by atoms with E-state index in [1.54, 1.807) is 11.8 Å². The molecule has 2 N–H and O–H groups in total. The zero-order chi connectivity index (χ0) is 17.3. The Labute approximate surface area is 141 Å². The molecule has 3 amide bonds. The maximum absolute atomic E-state index is 12.5. The predicted octanol–water partition coefficient (Wildman–Crippen LogP) is 1.87. The average Bonchev–Trinajstić information content (AvgIpc) is 3.13. The summed E-state index contributed by atoms with van der Waals surface area (Å²) in [7, 11) is 0. The third-order valence-electron chi connectivity index (χ3n) is 4.40. The van der Waals surface area contributed by atoms with E-state index in [4.69, 9.17) is 0 Å². The van der Waals surface area contributed by atoms with Gasteiger partial charge in [-0.15, -0.1) is 0 Å². The monoisotopic (exact) mass is 329 g/mol. The number of anilines is 1. The smallest absolute Gasteiger partial charge is 0.324 e. The second kappa shape index (κ2) is 6.51. The Morgan fingerprint density at radius 3 is 2.71 bits per heavy atom. The fraction of sp³-hybridized carbons (Fsp3) is 0.471. The molecule has 0 saturated carbocycles. The molecule has 0 bridgehead atoms. The summed E-state index contributed by atoms with van der Waals surface area (Å²) >= 11 is 0. The number of carbonyl (C=O) groups is 2. The highest BCUT2D eigenvalue weighted by atomic mass is 16.2. The van der Waals surface area contributed by atoms with Crippen LogP contribution in [0.4, 0.5) is 10.7 Å². The zero-order valence-electron chi connectivity index (χ0n) is 14.2. The standard InChI is InChI=1S/C17H23N5O2/c1-4-11(2)18-15(23)12(3)19-17(24)22-10-9-21-14-8-6-5-7-13(14)20-16(21)22/h5-8,11-12H,4,9-10H2,1-3H3,(H,18,23)(H,19,24). The molecule has 2 unspecified atom stereocenters. The van der Waals surface area contributed by atoms with Crippen molar-refractivity contribution in [2.45, 2.75) is 45.8 Å². The lowest BCUT2D eigenvalue weighted by Gasteiger charge is -2.20. The first-order valence-electron chi connectivity index (χ1n) is 8.35. The van der Waals surface area contributed by atoms with Gasteiger partial charge in [-0.2, -0.15) is 0 Å². The van der Waals surface area contributed by atoms with Crippen LogP contribution in [0.5, 0.6) is 0 Å². The topological polar surface area (TPSA) is 79.3 Å². The Morgan fingerprint density at radius 2 is 1.96 bits per heavy atom. The minimum Gasteiger partial charge on any atom is -0.352 e. The van der Waals surface area contributed by atoms with E-state index in [-0.39, 0.29) is 18.0 Å². The quantitative estimate of drug-likeness (QED) is 0.899. The van der Waals surface area contributed by atoms with Crippen LogP contribution in [0.25, 0.3) is 11.0 Å². The Bertz CT molecular complexity index is 769. The molecule has 2 aromatic rings. The lowest BCUT2D eigenvalue weighted by atomic mass is 10.2. The van der Waals surface area contributed by atoms with Crippen molar-refractivity contribution in [1.29, 1.82) is 0 Å². The van der Waals surface area contributed by atoms with Gasteiger partial charge in [0, 0.05) is 19.1 Å². The lowest BCUT2D eigenvalue weighted by molar-refractivity contribution is -0.123. The van der Waals surface area contributed by atoms with Crippen LogP contribution < -0.4 is 15.5 Å². The molecule has 2 atom stereocenters. The van der Waals surface area contributed by atoms with E-state index in [0.29, 0.717) is 19.0 Å². The molecular formula is C17H23N5O2. The van der Waals surface area contributed by atoms with E-state index in [0.717, 1.165) is 17.5 Å². The minimum atomic E-state index is -0.593. The molecule has 128 valence electrons. The van der Waals surface area contributed by atoms with Crippen LogP contribution in [0.15, 0.2) is 24.3 Å². The highest BCUT2D eigenvalue weighted by molar-refractivity contribution is 5.96. The number of aromatic nitrogens is 2. The number of para-hydroxylation sites is 2. The third kappa shape index (κ3) is 2.93. The van der Waals surface area contributed by atoms with Crippen LogP contribution in [0.2, 0.25) is 0 Å². The number of rotatable bonds is 4. The van der Waals surface area contributed by atoms with Crippen molar-refractivity contribution >= 4 is 28.9 Å². The normalized spacial score (nSPS) is 15.9. The van der Waals surface area contributed by atoms with E-state index in [1.165, 1.54) is 0 Å². The van der Waals surface area contributed by atoms with Gasteiger partial charge in [0.2, 0.25) is 11.9 Å². The zero-order valence-corrected chi connectivity index (χ0v) is 14.2. The van der Waals surface area contributed by atoms with Gasteiger partial charge in [0.05, 0.1) is 11.0 Å². The van der Waals surface area contributed by atoms with Crippen molar-refractivity contribution in [1.82, 2.24) is 20.2 Å². The first kappa shape index (κ1) is 16.3. The molecule has 0 fully saturated rings. The molecule has 1 aromatic heterocycles. The number of nitrogens with one attached hydrogen (secondary N) is 2. The summed E-state index contributed by atoms with van der Waals surface area (Å²) in [6, 6.07) is 7.01. The van der Waals surface area contributed by atoms with E-state index in [9.17, 15) is 9.59 Å². The molecular weight excluding hydrogens is 306 g/mol. The maximum Gasteiger partial charge on any atom is 0.324 e. The van der Waals surface area contributed by atoms with E-state index >= 15 is 0 Å². The number of hydrogen-bond acceptors (Lipinski definition) is 3. The molecule has 1 aliphatic heterocycles. The van der Waals surface area contributed by atoms with Crippen molar-refractivity contribution in [3.63, 3.8) is 0 Å². The Kier molecular flexibility index (Phi) is 4.42. The fourth-order valence-electron chi connectivity index (χ4n) is 2.78. The second-order valence-corrected chi connectivity index (χ2v) is 6.19. The summed E-state index contributed by atoms with van der Waals surface area (Å²) in [6.45, 7) is 6.89. The summed E-state index contributed by atoms with van der Waals surface area (Å²) in [5, 5.41) is 5.63. The highest BCUT2D eigenvalue weighted by Crippen LogP contribution is 2.26. The van der Waals surface area contributed by atoms with Gasteiger partial charge in [-0.1, -0.05) is 19.1 Å². The van der Waals surface area contributed by atoms with E-state index in [2.05, 4.69) is 15.6 Å². The molecule has 0 spiro atoms. The summed E-state index contributed by atoms with van der Waals surface area (Å²) in [5.41, 5.74) is 1.89. The summed E-state index contributed by atoms with van der Waals surface area (Å²) in [4.78, 5) is 30.7. The van der Waals surface area contributed by atoms with Gasteiger partial charge in [-0.25, -0.2) is 9.78 Å². The van der Waals surface area contributed by atoms with Crippen LogP contribution in [0.1, 0.15) is 27.2 Å². The van der Waals surface area contributed by atoms with Gasteiger partial charge in [0.25, 0.3) is 0 Å². The molecule has 3 rings (SSSR count). The Morgan fingerprint density at radius 1 is 1.21 bits per heavy atom. The number of benzene rings is 1. The number of amides is 3. The van der Waals surface area contributed by atoms with Crippen molar-refractivity contribution in [3.05, 3.63) is 24.3 Å². The number of fused-ring (bicyclic) bond motifs is 3. The average molecular weight is 329 g/mol. The minimum absolute atomic E-state index is 0.0906. The lowest BCUT2D eigenvalue weighted by Crippen LogP contribution is -2.51. The van der Waals surface area contributed by atoms with Crippen LogP contribution in [-0.2, 0) is 11.3 Å². The van der Waals surface area contributed by atoms with Gasteiger partial charge in [-0.3, -0.25) is 9.69 Å². The van der Waals surface area contributed by atoms with Gasteiger partial charge in [-0.05, 0) is 32.4 Å². The fourth-order valence-corrected chi connectivity index (χ4v) is 2.78. The second-order valence-electron chi connectivity index (χ2n) is 6.19. The molecule has 24 heavy (non-hydrogen) atoms. The van der Waals surface area contributed by atoms with Crippen LogP contribution in [-0.4, -0.2) is 40.1 Å². The predicted molar refractivity (Wildman–Crippen MR) is 93.0 cm³/mol. The largest absolute Gasteiger partial charge is 0.352 e. The third-order valence-corrected chi connectivity index (χ3v) is 4.40. The molecule has 7 nitrogen and oxygen atoms in total. The molecule has 1 aromatic carbocycles.